The Balaban J connectivity index is 1.84. The van der Waals surface area contributed by atoms with Crippen molar-refractivity contribution >= 4 is 17.6 Å². The molecule has 1 heterocycles. The minimum atomic E-state index is -1.03. The van der Waals surface area contributed by atoms with Gasteiger partial charge in [-0.2, -0.15) is 0 Å². The van der Waals surface area contributed by atoms with Crippen molar-refractivity contribution in [1.82, 2.24) is 0 Å². The largest absolute Gasteiger partial charge is 0.478 e. The van der Waals surface area contributed by atoms with E-state index in [1.54, 1.807) is 19.1 Å². The minimum absolute atomic E-state index is 0.0654. The summed E-state index contributed by atoms with van der Waals surface area (Å²) in [6.45, 7) is 2.80. The Morgan fingerprint density at radius 1 is 1.52 bits per heavy atom. The van der Waals surface area contributed by atoms with Gasteiger partial charge in [-0.25, -0.2) is 4.79 Å². The maximum Gasteiger partial charge on any atom is 0.335 e. The van der Waals surface area contributed by atoms with Gasteiger partial charge in [0.05, 0.1) is 18.3 Å². The van der Waals surface area contributed by atoms with E-state index in [1.807, 2.05) is 0 Å². The van der Waals surface area contributed by atoms with Gasteiger partial charge in [0, 0.05) is 12.3 Å². The Morgan fingerprint density at radius 2 is 2.33 bits per heavy atom. The van der Waals surface area contributed by atoms with Gasteiger partial charge >= 0.3 is 5.97 Å². The van der Waals surface area contributed by atoms with Crippen LogP contribution in [-0.2, 0) is 14.3 Å². The second kappa shape index (κ2) is 7.19. The zero-order chi connectivity index (χ0) is 15.2. The van der Waals surface area contributed by atoms with Crippen LogP contribution >= 0.6 is 0 Å². The number of carboxylic acid groups (broad SMARTS) is 1. The van der Waals surface area contributed by atoms with E-state index in [1.165, 1.54) is 12.1 Å². The van der Waals surface area contributed by atoms with Gasteiger partial charge in [0.15, 0.2) is 0 Å². The van der Waals surface area contributed by atoms with Crippen LogP contribution in [0.25, 0.3) is 0 Å². The van der Waals surface area contributed by atoms with Crippen molar-refractivity contribution in [3.63, 3.8) is 0 Å². The summed E-state index contributed by atoms with van der Waals surface area (Å²) in [4.78, 5) is 22.8. The van der Waals surface area contributed by atoms with Crippen molar-refractivity contribution in [3.05, 3.63) is 29.8 Å². The number of carbonyl (C=O) groups excluding carboxylic acids is 1. The van der Waals surface area contributed by atoms with E-state index in [-0.39, 0.29) is 17.6 Å². The van der Waals surface area contributed by atoms with Crippen LogP contribution in [0.15, 0.2) is 24.3 Å². The van der Waals surface area contributed by atoms with E-state index in [9.17, 15) is 9.59 Å². The zero-order valence-corrected chi connectivity index (χ0v) is 11.9. The third kappa shape index (κ3) is 4.54. The first-order valence-electron chi connectivity index (χ1n) is 6.93. The molecule has 1 aliphatic heterocycles. The third-order valence-corrected chi connectivity index (χ3v) is 3.30. The van der Waals surface area contributed by atoms with E-state index in [0.29, 0.717) is 12.3 Å². The molecular weight excluding hydrogens is 274 g/mol. The van der Waals surface area contributed by atoms with E-state index in [2.05, 4.69) is 5.32 Å². The van der Waals surface area contributed by atoms with Gasteiger partial charge in [0.2, 0.25) is 0 Å². The fraction of sp³-hybridized carbons (Fsp3) is 0.467. The topological polar surface area (TPSA) is 84.9 Å². The number of hydrogen-bond acceptors (Lipinski definition) is 4. The molecule has 6 heteroatoms. The number of carboxylic acids is 1. The number of benzene rings is 1. The number of hydrogen-bond donors (Lipinski definition) is 2. The summed E-state index contributed by atoms with van der Waals surface area (Å²) in [5, 5.41) is 11.6. The molecule has 0 saturated carbocycles. The van der Waals surface area contributed by atoms with Gasteiger partial charge < -0.3 is 19.9 Å². The molecule has 1 fully saturated rings. The minimum Gasteiger partial charge on any atom is -0.478 e. The van der Waals surface area contributed by atoms with E-state index in [4.69, 9.17) is 14.6 Å². The monoisotopic (exact) mass is 293 g/mol. The number of aromatic carboxylic acids is 1. The summed E-state index contributed by atoms with van der Waals surface area (Å²) in [7, 11) is 0. The molecule has 1 saturated heterocycles. The number of amides is 1. The lowest BCUT2D eigenvalue weighted by molar-refractivity contribution is -0.128. The molecule has 2 N–H and O–H groups in total. The Hall–Kier alpha value is -1.92. The lowest BCUT2D eigenvalue weighted by Crippen LogP contribution is -2.30. The standard InChI is InChI=1S/C15H19NO5/c1-10(21-9-13-6-3-7-20-13)14(17)16-12-5-2-4-11(8-12)15(18)19/h2,4-5,8,10,13H,3,6-7,9H2,1H3,(H,16,17)(H,18,19). The summed E-state index contributed by atoms with van der Waals surface area (Å²) in [6, 6.07) is 6.09. The van der Waals surface area contributed by atoms with Crippen molar-refractivity contribution < 1.29 is 24.2 Å². The first kappa shape index (κ1) is 15.5. The number of nitrogens with one attached hydrogen (secondary N) is 1. The normalized spacial score (nSPS) is 19.2. The predicted octanol–water partition coefficient (Wildman–Crippen LogP) is 1.91. The molecule has 1 aromatic carbocycles. The fourth-order valence-electron chi connectivity index (χ4n) is 2.08. The first-order valence-corrected chi connectivity index (χ1v) is 6.93. The van der Waals surface area contributed by atoms with Crippen molar-refractivity contribution in [3.8, 4) is 0 Å². The average molecular weight is 293 g/mol. The fourth-order valence-corrected chi connectivity index (χ4v) is 2.08. The second-order valence-corrected chi connectivity index (χ2v) is 4.99. The molecule has 21 heavy (non-hydrogen) atoms. The van der Waals surface area contributed by atoms with Crippen molar-refractivity contribution in [2.24, 2.45) is 0 Å². The Bertz CT molecular complexity index is 511. The van der Waals surface area contributed by atoms with E-state index < -0.39 is 12.1 Å². The molecule has 0 aliphatic carbocycles. The van der Waals surface area contributed by atoms with Crippen LogP contribution in [0, 0.1) is 0 Å². The Morgan fingerprint density at radius 3 is 3.00 bits per heavy atom. The quantitative estimate of drug-likeness (QED) is 0.837. The summed E-state index contributed by atoms with van der Waals surface area (Å²) < 4.78 is 10.9. The molecule has 114 valence electrons. The SMILES string of the molecule is CC(OCC1CCCO1)C(=O)Nc1cccc(C(=O)O)c1. The summed E-state index contributed by atoms with van der Waals surface area (Å²) in [5.41, 5.74) is 0.563. The maximum absolute atomic E-state index is 12.0. The predicted molar refractivity (Wildman–Crippen MR) is 76.4 cm³/mol. The molecule has 1 aromatic rings. The van der Waals surface area contributed by atoms with Gasteiger partial charge in [-0.1, -0.05) is 6.07 Å². The molecule has 1 amide bonds. The lowest BCUT2D eigenvalue weighted by atomic mass is 10.2. The number of carbonyl (C=O) groups is 2. The molecule has 1 aliphatic rings. The molecular formula is C15H19NO5. The van der Waals surface area contributed by atoms with Crippen molar-refractivity contribution in [2.75, 3.05) is 18.5 Å². The van der Waals surface area contributed by atoms with Crippen LogP contribution in [0.3, 0.4) is 0 Å². The van der Waals surface area contributed by atoms with E-state index in [0.717, 1.165) is 19.4 Å². The van der Waals surface area contributed by atoms with Crippen LogP contribution < -0.4 is 5.32 Å². The Labute approximate surface area is 123 Å². The maximum atomic E-state index is 12.0. The molecule has 0 radical (unpaired) electrons. The highest BCUT2D eigenvalue weighted by atomic mass is 16.5. The number of ether oxygens (including phenoxy) is 2. The van der Waals surface area contributed by atoms with Crippen molar-refractivity contribution in [1.29, 1.82) is 0 Å². The smallest absolute Gasteiger partial charge is 0.335 e. The Kier molecular flexibility index (Phi) is 5.30. The van der Waals surface area contributed by atoms with Crippen LogP contribution in [0.5, 0.6) is 0 Å². The molecule has 2 rings (SSSR count). The molecule has 0 aromatic heterocycles. The van der Waals surface area contributed by atoms with Crippen molar-refractivity contribution in [2.45, 2.75) is 32.0 Å². The van der Waals surface area contributed by atoms with Crippen LogP contribution in [-0.4, -0.2) is 42.4 Å². The second-order valence-electron chi connectivity index (χ2n) is 4.99. The first-order chi connectivity index (χ1) is 10.1. The molecule has 2 unspecified atom stereocenters. The van der Waals surface area contributed by atoms with Crippen LogP contribution in [0.1, 0.15) is 30.1 Å². The summed E-state index contributed by atoms with van der Waals surface area (Å²) in [5.74, 6) is -1.34. The summed E-state index contributed by atoms with van der Waals surface area (Å²) >= 11 is 0. The van der Waals surface area contributed by atoms with Gasteiger partial charge in [-0.05, 0) is 38.0 Å². The zero-order valence-electron chi connectivity index (χ0n) is 11.9. The van der Waals surface area contributed by atoms with Crippen LogP contribution in [0.2, 0.25) is 0 Å². The molecule has 2 atom stereocenters. The molecule has 0 spiro atoms. The highest BCUT2D eigenvalue weighted by Crippen LogP contribution is 2.14. The highest BCUT2D eigenvalue weighted by Gasteiger charge is 2.20. The van der Waals surface area contributed by atoms with E-state index >= 15 is 0 Å². The van der Waals surface area contributed by atoms with Gasteiger partial charge in [0.25, 0.3) is 5.91 Å². The number of anilines is 1. The summed E-state index contributed by atoms with van der Waals surface area (Å²) in [6.07, 6.45) is 1.42. The highest BCUT2D eigenvalue weighted by molar-refractivity contribution is 5.95. The third-order valence-electron chi connectivity index (χ3n) is 3.30. The average Bonchev–Trinajstić information content (AvgIpc) is 2.98. The van der Waals surface area contributed by atoms with Gasteiger partial charge in [-0.3, -0.25) is 4.79 Å². The van der Waals surface area contributed by atoms with Gasteiger partial charge in [0.1, 0.15) is 6.10 Å². The molecule has 0 bridgehead atoms. The number of rotatable bonds is 6. The van der Waals surface area contributed by atoms with Gasteiger partial charge in [-0.15, -0.1) is 0 Å². The lowest BCUT2D eigenvalue weighted by Gasteiger charge is -2.16. The molecule has 6 nitrogen and oxygen atoms in total. The van der Waals surface area contributed by atoms with Crippen LogP contribution in [0.4, 0.5) is 5.69 Å².